The molecule has 0 aliphatic carbocycles. The SMILES string of the molecule is CCCCC/C=C\C/C=C\C/C=C\C/C=C\CCCC(=O)O[C@H](COC(=O)CCCCCCCCC/C=C\CCCCCCCC)COC(=O)CCCCCCCCCCCCCCCCCCCC. The average molecular weight is 980 g/mol. The minimum Gasteiger partial charge on any atom is -0.462 e. The Morgan fingerprint density at radius 2 is 0.529 bits per heavy atom. The molecule has 0 N–H and O–H groups in total. The van der Waals surface area contributed by atoms with Gasteiger partial charge in [0, 0.05) is 19.3 Å². The Bertz CT molecular complexity index is 1260. The molecule has 6 nitrogen and oxygen atoms in total. The lowest BCUT2D eigenvalue weighted by Gasteiger charge is -2.18. The smallest absolute Gasteiger partial charge is 0.306 e. The lowest BCUT2D eigenvalue weighted by atomic mass is 10.0. The van der Waals surface area contributed by atoms with Gasteiger partial charge >= 0.3 is 17.9 Å². The van der Waals surface area contributed by atoms with Crippen molar-refractivity contribution in [2.75, 3.05) is 13.2 Å². The monoisotopic (exact) mass is 979 g/mol. The van der Waals surface area contributed by atoms with Gasteiger partial charge in [-0.3, -0.25) is 14.4 Å². The maximum absolute atomic E-state index is 12.9. The fourth-order valence-electron chi connectivity index (χ4n) is 8.67. The van der Waals surface area contributed by atoms with Crippen LogP contribution in [0.15, 0.2) is 60.8 Å². The van der Waals surface area contributed by atoms with Crippen LogP contribution in [0, 0.1) is 0 Å². The zero-order valence-corrected chi connectivity index (χ0v) is 46.5. The second-order valence-corrected chi connectivity index (χ2v) is 20.3. The normalized spacial score (nSPS) is 12.4. The van der Waals surface area contributed by atoms with Crippen LogP contribution in [0.2, 0.25) is 0 Å². The van der Waals surface area contributed by atoms with Crippen molar-refractivity contribution in [3.05, 3.63) is 60.8 Å². The van der Waals surface area contributed by atoms with Crippen LogP contribution >= 0.6 is 0 Å². The van der Waals surface area contributed by atoms with Gasteiger partial charge in [-0.15, -0.1) is 0 Å². The number of carbonyl (C=O) groups is 3. The number of carbonyl (C=O) groups excluding carboxylic acids is 3. The number of ether oxygens (including phenoxy) is 3. The predicted molar refractivity (Wildman–Crippen MR) is 302 cm³/mol. The molecule has 0 spiro atoms. The molecule has 6 heteroatoms. The molecule has 0 saturated carbocycles. The molecule has 0 bridgehead atoms. The molecule has 0 aromatic carbocycles. The summed E-state index contributed by atoms with van der Waals surface area (Å²) < 4.78 is 16.9. The Hall–Kier alpha value is -2.89. The first-order chi connectivity index (χ1) is 34.5. The zero-order chi connectivity index (χ0) is 50.7. The molecule has 0 rings (SSSR count). The summed E-state index contributed by atoms with van der Waals surface area (Å²) in [6, 6.07) is 0. The highest BCUT2D eigenvalue weighted by Gasteiger charge is 2.19. The van der Waals surface area contributed by atoms with Gasteiger partial charge in [-0.1, -0.05) is 268 Å². The van der Waals surface area contributed by atoms with Crippen molar-refractivity contribution >= 4 is 17.9 Å². The van der Waals surface area contributed by atoms with Crippen molar-refractivity contribution in [1.82, 2.24) is 0 Å². The van der Waals surface area contributed by atoms with E-state index in [1.165, 1.54) is 199 Å². The van der Waals surface area contributed by atoms with Crippen molar-refractivity contribution in [3.8, 4) is 0 Å². The van der Waals surface area contributed by atoms with Gasteiger partial charge in [0.15, 0.2) is 6.10 Å². The summed E-state index contributed by atoms with van der Waals surface area (Å²) in [6.45, 7) is 6.60. The van der Waals surface area contributed by atoms with Crippen molar-refractivity contribution in [2.45, 2.75) is 316 Å². The van der Waals surface area contributed by atoms with Crippen LogP contribution in [0.3, 0.4) is 0 Å². The molecule has 0 aromatic heterocycles. The van der Waals surface area contributed by atoms with E-state index in [9.17, 15) is 14.4 Å². The highest BCUT2D eigenvalue weighted by molar-refractivity contribution is 5.71. The standard InChI is InChI=1S/C64H114O6/c1-4-7-10-13-16-19-22-25-28-31-34-36-39-42-45-48-51-54-57-63(66)69-60-61(70-64(67)58-55-52-49-46-43-40-37-33-30-27-24-21-18-15-12-9-6-3)59-68-62(65)56-53-50-47-44-41-38-35-32-29-26-23-20-17-14-11-8-5-2/h18,21,26-27,29-30,37,40,46,49,61H,4-17,19-20,22-25,28,31-36,38-39,41-45,47-48,50-60H2,1-3H3/b21-18-,29-26-,30-27-,40-37-,49-46-/t61-/m1/s1. The van der Waals surface area contributed by atoms with Gasteiger partial charge in [-0.2, -0.15) is 0 Å². The highest BCUT2D eigenvalue weighted by Crippen LogP contribution is 2.16. The largest absolute Gasteiger partial charge is 0.462 e. The summed E-state index contributed by atoms with van der Waals surface area (Å²) in [5.41, 5.74) is 0. The molecule has 0 fully saturated rings. The molecular formula is C64H114O6. The first-order valence-electron chi connectivity index (χ1n) is 30.3. The number of esters is 3. The Balaban J connectivity index is 4.43. The third-order valence-electron chi connectivity index (χ3n) is 13.2. The Labute approximate surface area is 434 Å². The molecule has 0 amide bonds. The van der Waals surface area contributed by atoms with Crippen LogP contribution in [-0.4, -0.2) is 37.2 Å². The van der Waals surface area contributed by atoms with Crippen LogP contribution in [0.4, 0.5) is 0 Å². The van der Waals surface area contributed by atoms with Gasteiger partial charge in [-0.25, -0.2) is 0 Å². The van der Waals surface area contributed by atoms with Gasteiger partial charge in [0.2, 0.25) is 0 Å². The van der Waals surface area contributed by atoms with E-state index in [1.54, 1.807) is 0 Å². The summed E-state index contributed by atoms with van der Waals surface area (Å²) in [7, 11) is 0. The van der Waals surface area contributed by atoms with Gasteiger partial charge in [0.25, 0.3) is 0 Å². The molecule has 0 aliphatic heterocycles. The maximum Gasteiger partial charge on any atom is 0.306 e. The van der Waals surface area contributed by atoms with E-state index in [1.807, 2.05) is 0 Å². The first kappa shape index (κ1) is 67.1. The molecule has 0 aromatic rings. The fourth-order valence-corrected chi connectivity index (χ4v) is 8.67. The molecule has 406 valence electrons. The predicted octanol–water partition coefficient (Wildman–Crippen LogP) is 20.4. The third-order valence-corrected chi connectivity index (χ3v) is 13.2. The van der Waals surface area contributed by atoms with Crippen LogP contribution in [0.5, 0.6) is 0 Å². The van der Waals surface area contributed by atoms with Crippen LogP contribution < -0.4 is 0 Å². The summed E-state index contributed by atoms with van der Waals surface area (Å²) in [4.78, 5) is 38.2. The molecule has 0 heterocycles. The van der Waals surface area contributed by atoms with Crippen molar-refractivity contribution < 1.29 is 28.6 Å². The van der Waals surface area contributed by atoms with Gasteiger partial charge < -0.3 is 14.2 Å². The van der Waals surface area contributed by atoms with Crippen molar-refractivity contribution in [1.29, 1.82) is 0 Å². The van der Waals surface area contributed by atoms with E-state index in [4.69, 9.17) is 14.2 Å². The topological polar surface area (TPSA) is 78.9 Å². The maximum atomic E-state index is 12.9. The van der Waals surface area contributed by atoms with Gasteiger partial charge in [-0.05, 0) is 83.5 Å². The molecule has 0 unspecified atom stereocenters. The van der Waals surface area contributed by atoms with Crippen LogP contribution in [0.1, 0.15) is 310 Å². The Morgan fingerprint density at radius 1 is 0.286 bits per heavy atom. The quantitative estimate of drug-likeness (QED) is 0.0261. The molecule has 0 radical (unpaired) electrons. The number of hydrogen-bond acceptors (Lipinski definition) is 6. The Morgan fingerprint density at radius 3 is 0.886 bits per heavy atom. The van der Waals surface area contributed by atoms with E-state index in [-0.39, 0.29) is 37.5 Å². The molecular weight excluding hydrogens is 865 g/mol. The van der Waals surface area contributed by atoms with E-state index in [0.29, 0.717) is 19.3 Å². The summed E-state index contributed by atoms with van der Waals surface area (Å²) in [6.07, 6.45) is 73.6. The molecule has 70 heavy (non-hydrogen) atoms. The van der Waals surface area contributed by atoms with Crippen LogP contribution in [-0.2, 0) is 28.6 Å². The molecule has 1 atom stereocenters. The summed E-state index contributed by atoms with van der Waals surface area (Å²) in [5, 5.41) is 0. The number of allylic oxidation sites excluding steroid dienone is 10. The van der Waals surface area contributed by atoms with E-state index in [0.717, 1.165) is 64.2 Å². The van der Waals surface area contributed by atoms with Crippen molar-refractivity contribution in [3.63, 3.8) is 0 Å². The minimum atomic E-state index is -0.803. The van der Waals surface area contributed by atoms with Crippen LogP contribution in [0.25, 0.3) is 0 Å². The second kappa shape index (κ2) is 58.7. The summed E-state index contributed by atoms with van der Waals surface area (Å²) >= 11 is 0. The van der Waals surface area contributed by atoms with Gasteiger partial charge in [0.05, 0.1) is 0 Å². The van der Waals surface area contributed by atoms with Crippen molar-refractivity contribution in [2.24, 2.45) is 0 Å². The first-order valence-corrected chi connectivity index (χ1v) is 30.3. The van der Waals surface area contributed by atoms with E-state index < -0.39 is 6.10 Å². The average Bonchev–Trinajstić information content (AvgIpc) is 3.36. The second-order valence-electron chi connectivity index (χ2n) is 20.3. The minimum absolute atomic E-state index is 0.0943. The number of rotatable bonds is 55. The highest BCUT2D eigenvalue weighted by atomic mass is 16.6. The fraction of sp³-hybridized carbons (Fsp3) is 0.797. The summed E-state index contributed by atoms with van der Waals surface area (Å²) in [5.74, 6) is -0.940. The third kappa shape index (κ3) is 56.0. The lowest BCUT2D eigenvalue weighted by Crippen LogP contribution is -2.30. The lowest BCUT2D eigenvalue weighted by molar-refractivity contribution is -0.167. The molecule has 0 aliphatic rings. The molecule has 0 saturated heterocycles. The van der Waals surface area contributed by atoms with E-state index in [2.05, 4.69) is 81.5 Å². The number of unbranched alkanes of at least 4 members (excludes halogenated alkanes) is 34. The Kier molecular flexibility index (Phi) is 56.3. The van der Waals surface area contributed by atoms with E-state index >= 15 is 0 Å². The number of hydrogen-bond donors (Lipinski definition) is 0. The van der Waals surface area contributed by atoms with Gasteiger partial charge in [0.1, 0.15) is 13.2 Å². The zero-order valence-electron chi connectivity index (χ0n) is 46.5.